The topological polar surface area (TPSA) is 43.8 Å². The van der Waals surface area contributed by atoms with E-state index in [1.54, 1.807) is 13.0 Å². The summed E-state index contributed by atoms with van der Waals surface area (Å²) in [5, 5.41) is 9.01. The number of hydrogen-bond donors (Lipinski definition) is 1. The number of nitrogens with zero attached hydrogens (tertiary/aromatic N) is 2. The molecule has 0 spiro atoms. The Morgan fingerprint density at radius 2 is 2.00 bits per heavy atom. The lowest BCUT2D eigenvalue weighted by Gasteiger charge is -2.36. The van der Waals surface area contributed by atoms with Crippen molar-refractivity contribution in [2.75, 3.05) is 26.2 Å². The van der Waals surface area contributed by atoms with Gasteiger partial charge in [-0.05, 0) is 37.1 Å². The summed E-state index contributed by atoms with van der Waals surface area (Å²) < 4.78 is 13.1. The standard InChI is InChI=1S/C15H21FN2O2/c1-11-9-14(16)4-3-13(11)10-17-5-7-18(8-6-17)12(2)15(19)20/h3-4,9,12H,5-8,10H2,1-2H3,(H,19,20). The minimum atomic E-state index is -0.771. The quantitative estimate of drug-likeness (QED) is 0.912. The first-order valence-corrected chi connectivity index (χ1v) is 6.91. The Balaban J connectivity index is 1.90. The average Bonchev–Trinajstić information content (AvgIpc) is 2.42. The highest BCUT2D eigenvalue weighted by molar-refractivity contribution is 5.72. The van der Waals surface area contributed by atoms with E-state index in [0.717, 1.165) is 43.9 Å². The molecule has 1 atom stereocenters. The summed E-state index contributed by atoms with van der Waals surface area (Å²) in [5.41, 5.74) is 2.09. The lowest BCUT2D eigenvalue weighted by molar-refractivity contribution is -0.143. The number of carbonyl (C=O) groups is 1. The van der Waals surface area contributed by atoms with Gasteiger partial charge >= 0.3 is 5.97 Å². The van der Waals surface area contributed by atoms with Gasteiger partial charge in [0, 0.05) is 32.7 Å². The molecule has 0 aromatic heterocycles. The van der Waals surface area contributed by atoms with E-state index in [2.05, 4.69) is 4.90 Å². The zero-order chi connectivity index (χ0) is 14.7. The first-order chi connectivity index (χ1) is 9.47. The van der Waals surface area contributed by atoms with Crippen molar-refractivity contribution in [1.29, 1.82) is 0 Å². The van der Waals surface area contributed by atoms with Crippen molar-refractivity contribution < 1.29 is 14.3 Å². The molecule has 1 heterocycles. The van der Waals surface area contributed by atoms with Crippen molar-refractivity contribution in [3.05, 3.63) is 35.1 Å². The summed E-state index contributed by atoms with van der Waals surface area (Å²) in [6, 6.07) is 4.45. The predicted octanol–water partition coefficient (Wildman–Crippen LogP) is 1.72. The maximum absolute atomic E-state index is 13.1. The Morgan fingerprint density at radius 1 is 1.35 bits per heavy atom. The number of halogens is 1. The molecule has 0 aliphatic carbocycles. The van der Waals surface area contributed by atoms with Crippen molar-refractivity contribution in [2.45, 2.75) is 26.4 Å². The zero-order valence-electron chi connectivity index (χ0n) is 12.0. The minimum Gasteiger partial charge on any atom is -0.480 e. The van der Waals surface area contributed by atoms with Crippen LogP contribution in [-0.2, 0) is 11.3 Å². The fraction of sp³-hybridized carbons (Fsp3) is 0.533. The summed E-state index contributed by atoms with van der Waals surface area (Å²) in [7, 11) is 0. The second kappa shape index (κ2) is 6.33. The molecular weight excluding hydrogens is 259 g/mol. The molecule has 1 aromatic carbocycles. The highest BCUT2D eigenvalue weighted by Gasteiger charge is 2.25. The van der Waals surface area contributed by atoms with Crippen molar-refractivity contribution in [3.8, 4) is 0 Å². The number of rotatable bonds is 4. The molecule has 1 fully saturated rings. The molecular formula is C15H21FN2O2. The van der Waals surface area contributed by atoms with Crippen LogP contribution in [-0.4, -0.2) is 53.1 Å². The van der Waals surface area contributed by atoms with Gasteiger partial charge in [-0.3, -0.25) is 14.6 Å². The Morgan fingerprint density at radius 3 is 2.55 bits per heavy atom. The van der Waals surface area contributed by atoms with E-state index < -0.39 is 12.0 Å². The van der Waals surface area contributed by atoms with Crippen LogP contribution in [0.5, 0.6) is 0 Å². The van der Waals surface area contributed by atoms with Gasteiger partial charge < -0.3 is 5.11 Å². The number of piperazine rings is 1. The van der Waals surface area contributed by atoms with Gasteiger partial charge in [-0.15, -0.1) is 0 Å². The van der Waals surface area contributed by atoms with Gasteiger partial charge in [0.25, 0.3) is 0 Å². The van der Waals surface area contributed by atoms with E-state index in [4.69, 9.17) is 5.11 Å². The lowest BCUT2D eigenvalue weighted by atomic mass is 10.1. The molecule has 20 heavy (non-hydrogen) atoms. The van der Waals surface area contributed by atoms with E-state index in [1.165, 1.54) is 6.07 Å². The summed E-state index contributed by atoms with van der Waals surface area (Å²) in [4.78, 5) is 15.2. The first-order valence-electron chi connectivity index (χ1n) is 6.91. The van der Waals surface area contributed by atoms with E-state index in [1.807, 2.05) is 17.9 Å². The van der Waals surface area contributed by atoms with Crippen molar-refractivity contribution >= 4 is 5.97 Å². The van der Waals surface area contributed by atoms with E-state index in [-0.39, 0.29) is 5.82 Å². The van der Waals surface area contributed by atoms with Crippen LogP contribution in [0, 0.1) is 12.7 Å². The Kier molecular flexibility index (Phi) is 4.73. The molecule has 2 rings (SSSR count). The molecule has 4 nitrogen and oxygen atoms in total. The van der Waals surface area contributed by atoms with Gasteiger partial charge in [0.05, 0.1) is 0 Å². The molecule has 1 aliphatic rings. The first kappa shape index (κ1) is 14.9. The second-order valence-electron chi connectivity index (χ2n) is 5.40. The third kappa shape index (κ3) is 3.55. The van der Waals surface area contributed by atoms with Gasteiger partial charge in [0.15, 0.2) is 0 Å². The highest BCUT2D eigenvalue weighted by atomic mass is 19.1. The van der Waals surface area contributed by atoms with Crippen LogP contribution >= 0.6 is 0 Å². The molecule has 0 saturated carbocycles. The van der Waals surface area contributed by atoms with E-state index in [0.29, 0.717) is 0 Å². The summed E-state index contributed by atoms with van der Waals surface area (Å²) in [5.74, 6) is -0.973. The second-order valence-corrected chi connectivity index (χ2v) is 5.40. The van der Waals surface area contributed by atoms with Gasteiger partial charge in [0.2, 0.25) is 0 Å². The average molecular weight is 280 g/mol. The fourth-order valence-corrected chi connectivity index (χ4v) is 2.54. The van der Waals surface area contributed by atoms with Gasteiger partial charge in [-0.1, -0.05) is 6.07 Å². The fourth-order valence-electron chi connectivity index (χ4n) is 2.54. The van der Waals surface area contributed by atoms with Crippen LogP contribution in [0.4, 0.5) is 4.39 Å². The largest absolute Gasteiger partial charge is 0.480 e. The smallest absolute Gasteiger partial charge is 0.320 e. The van der Waals surface area contributed by atoms with E-state index in [9.17, 15) is 9.18 Å². The Bertz CT molecular complexity index is 485. The molecule has 1 unspecified atom stereocenters. The van der Waals surface area contributed by atoms with Gasteiger partial charge in [0.1, 0.15) is 11.9 Å². The Labute approximate surface area is 118 Å². The van der Waals surface area contributed by atoms with Crippen LogP contribution in [0.1, 0.15) is 18.1 Å². The number of carboxylic acids is 1. The normalized spacial score (nSPS) is 18.9. The highest BCUT2D eigenvalue weighted by Crippen LogP contribution is 2.15. The number of benzene rings is 1. The predicted molar refractivity (Wildman–Crippen MR) is 75.1 cm³/mol. The Hall–Kier alpha value is -1.46. The molecule has 0 amide bonds. The summed E-state index contributed by atoms with van der Waals surface area (Å²) in [6.45, 7) is 7.63. The van der Waals surface area contributed by atoms with Crippen molar-refractivity contribution in [3.63, 3.8) is 0 Å². The third-order valence-corrected chi connectivity index (χ3v) is 4.01. The maximum Gasteiger partial charge on any atom is 0.320 e. The van der Waals surface area contributed by atoms with Gasteiger partial charge in [-0.25, -0.2) is 4.39 Å². The summed E-state index contributed by atoms with van der Waals surface area (Å²) >= 11 is 0. The molecule has 1 aromatic rings. The van der Waals surface area contributed by atoms with Crippen LogP contribution < -0.4 is 0 Å². The third-order valence-electron chi connectivity index (χ3n) is 4.01. The van der Waals surface area contributed by atoms with E-state index >= 15 is 0 Å². The molecule has 0 bridgehead atoms. The van der Waals surface area contributed by atoms with Crippen LogP contribution in [0.15, 0.2) is 18.2 Å². The SMILES string of the molecule is Cc1cc(F)ccc1CN1CCN(C(C)C(=O)O)CC1. The number of carboxylic acid groups (broad SMARTS) is 1. The van der Waals surface area contributed by atoms with Crippen molar-refractivity contribution in [1.82, 2.24) is 9.80 Å². The van der Waals surface area contributed by atoms with Crippen LogP contribution in [0.3, 0.4) is 0 Å². The maximum atomic E-state index is 13.1. The van der Waals surface area contributed by atoms with Gasteiger partial charge in [-0.2, -0.15) is 0 Å². The summed E-state index contributed by atoms with van der Waals surface area (Å²) in [6.07, 6.45) is 0. The molecule has 1 N–H and O–H groups in total. The number of aryl methyl sites for hydroxylation is 1. The molecule has 110 valence electrons. The van der Waals surface area contributed by atoms with Crippen LogP contribution in [0.25, 0.3) is 0 Å². The van der Waals surface area contributed by atoms with Crippen LogP contribution in [0.2, 0.25) is 0 Å². The lowest BCUT2D eigenvalue weighted by Crippen LogP contribution is -2.51. The molecule has 1 aliphatic heterocycles. The number of hydrogen-bond acceptors (Lipinski definition) is 3. The molecule has 1 saturated heterocycles. The monoisotopic (exact) mass is 280 g/mol. The molecule has 5 heteroatoms. The zero-order valence-corrected chi connectivity index (χ0v) is 12.0. The molecule has 0 radical (unpaired) electrons. The number of aliphatic carboxylic acids is 1. The minimum absolute atomic E-state index is 0.202. The van der Waals surface area contributed by atoms with Crippen molar-refractivity contribution in [2.24, 2.45) is 0 Å².